The number of rotatable bonds is 3. The molecule has 0 unspecified atom stereocenters. The maximum absolute atomic E-state index is 13.7. The van der Waals surface area contributed by atoms with Crippen molar-refractivity contribution in [3.05, 3.63) is 70.2 Å². The molecule has 0 spiro atoms. The van der Waals surface area contributed by atoms with E-state index in [1.807, 2.05) is 6.07 Å². The van der Waals surface area contributed by atoms with E-state index in [-0.39, 0.29) is 16.6 Å². The molecule has 128 valence electrons. The van der Waals surface area contributed by atoms with Crippen molar-refractivity contribution in [2.45, 2.75) is 6.54 Å². The predicted molar refractivity (Wildman–Crippen MR) is 91.6 cm³/mol. The molecule has 0 saturated carbocycles. The molecule has 3 aromatic rings. The van der Waals surface area contributed by atoms with Crippen LogP contribution in [0, 0.1) is 17.5 Å². The molecular weight excluding hydrogens is 399 g/mol. The van der Waals surface area contributed by atoms with Crippen LogP contribution in [0.25, 0.3) is 10.8 Å². The topological polar surface area (TPSA) is 54.0 Å². The van der Waals surface area contributed by atoms with Crippen LogP contribution in [0.2, 0.25) is 0 Å². The summed E-state index contributed by atoms with van der Waals surface area (Å²) in [4.78, 5) is 16.0. The highest BCUT2D eigenvalue weighted by Gasteiger charge is 2.17. The van der Waals surface area contributed by atoms with Gasteiger partial charge >= 0.3 is 6.03 Å². The Labute approximate surface area is 149 Å². The molecule has 8 heteroatoms. The molecule has 2 amide bonds. The van der Waals surface area contributed by atoms with Crippen molar-refractivity contribution in [3.8, 4) is 0 Å². The van der Waals surface area contributed by atoms with Gasteiger partial charge in [-0.05, 0) is 34.1 Å². The van der Waals surface area contributed by atoms with Gasteiger partial charge in [0, 0.05) is 35.3 Å². The minimum atomic E-state index is -1.59. The maximum atomic E-state index is 13.7. The van der Waals surface area contributed by atoms with E-state index in [9.17, 15) is 18.0 Å². The van der Waals surface area contributed by atoms with Crippen molar-refractivity contribution in [1.29, 1.82) is 0 Å². The van der Waals surface area contributed by atoms with E-state index in [0.717, 1.165) is 16.8 Å². The third kappa shape index (κ3) is 3.58. The standard InChI is InChI=1S/C17H11BrF3N3O/c18-12-6-10(14(19)16(21)15(12)20)8-23-17(25)24-13-3-1-2-9-7-22-5-4-11(9)13/h1-7H,8H2,(H2,23,24,25). The molecule has 0 aliphatic heterocycles. The highest BCUT2D eigenvalue weighted by Crippen LogP contribution is 2.24. The third-order valence-corrected chi connectivity index (χ3v) is 4.12. The van der Waals surface area contributed by atoms with Gasteiger partial charge in [-0.25, -0.2) is 18.0 Å². The molecule has 2 aromatic carbocycles. The molecule has 0 bridgehead atoms. The predicted octanol–water partition coefficient (Wildman–Crippen LogP) is 4.74. The van der Waals surface area contributed by atoms with E-state index in [1.165, 1.54) is 0 Å². The van der Waals surface area contributed by atoms with Crippen LogP contribution in [0.3, 0.4) is 0 Å². The number of pyridine rings is 1. The molecular formula is C17H11BrF3N3O. The third-order valence-electron chi connectivity index (χ3n) is 3.55. The Bertz CT molecular complexity index is 960. The molecule has 2 N–H and O–H groups in total. The number of aromatic nitrogens is 1. The number of benzene rings is 2. The summed E-state index contributed by atoms with van der Waals surface area (Å²) < 4.78 is 40.1. The number of hydrogen-bond donors (Lipinski definition) is 2. The second-order valence-electron chi connectivity index (χ2n) is 5.17. The summed E-state index contributed by atoms with van der Waals surface area (Å²) in [6.07, 6.45) is 3.26. The van der Waals surface area contributed by atoms with Crippen molar-refractivity contribution in [2.75, 3.05) is 5.32 Å². The van der Waals surface area contributed by atoms with Gasteiger partial charge in [-0.2, -0.15) is 0 Å². The Morgan fingerprint density at radius 1 is 1.12 bits per heavy atom. The van der Waals surface area contributed by atoms with Crippen LogP contribution in [0.1, 0.15) is 5.56 Å². The van der Waals surface area contributed by atoms with Crippen LogP contribution < -0.4 is 10.6 Å². The molecule has 4 nitrogen and oxygen atoms in total. The Morgan fingerprint density at radius 3 is 2.72 bits per heavy atom. The van der Waals surface area contributed by atoms with E-state index >= 15 is 0 Å². The van der Waals surface area contributed by atoms with Crippen LogP contribution in [0.4, 0.5) is 23.7 Å². The molecule has 0 aliphatic rings. The molecule has 25 heavy (non-hydrogen) atoms. The second kappa shape index (κ2) is 7.10. The number of amides is 2. The number of nitrogens with one attached hydrogen (secondary N) is 2. The van der Waals surface area contributed by atoms with Crippen molar-refractivity contribution in [2.24, 2.45) is 0 Å². The Balaban J connectivity index is 1.73. The van der Waals surface area contributed by atoms with Gasteiger partial charge in [-0.15, -0.1) is 0 Å². The average Bonchev–Trinajstić information content (AvgIpc) is 2.62. The lowest BCUT2D eigenvalue weighted by molar-refractivity contribution is 0.251. The minimum Gasteiger partial charge on any atom is -0.334 e. The van der Waals surface area contributed by atoms with Gasteiger partial charge in [0.2, 0.25) is 0 Å². The van der Waals surface area contributed by atoms with E-state index in [4.69, 9.17) is 0 Å². The Morgan fingerprint density at radius 2 is 1.92 bits per heavy atom. The van der Waals surface area contributed by atoms with E-state index in [2.05, 4.69) is 31.5 Å². The highest BCUT2D eigenvalue weighted by molar-refractivity contribution is 9.10. The zero-order chi connectivity index (χ0) is 18.0. The van der Waals surface area contributed by atoms with Crippen molar-refractivity contribution < 1.29 is 18.0 Å². The van der Waals surface area contributed by atoms with Crippen LogP contribution in [0.5, 0.6) is 0 Å². The average molecular weight is 410 g/mol. The summed E-state index contributed by atoms with van der Waals surface area (Å²) in [5, 5.41) is 6.68. The maximum Gasteiger partial charge on any atom is 0.319 e. The SMILES string of the molecule is O=C(NCc1cc(Br)c(F)c(F)c1F)Nc1cccc2cnccc12. The summed E-state index contributed by atoms with van der Waals surface area (Å²) in [7, 11) is 0. The second-order valence-corrected chi connectivity index (χ2v) is 6.02. The number of anilines is 1. The largest absolute Gasteiger partial charge is 0.334 e. The van der Waals surface area contributed by atoms with E-state index in [0.29, 0.717) is 5.69 Å². The molecule has 0 atom stereocenters. The first kappa shape index (κ1) is 17.2. The van der Waals surface area contributed by atoms with Crippen LogP contribution in [0.15, 0.2) is 47.2 Å². The number of urea groups is 1. The first-order valence-electron chi connectivity index (χ1n) is 7.17. The van der Waals surface area contributed by atoms with Crippen LogP contribution >= 0.6 is 15.9 Å². The lowest BCUT2D eigenvalue weighted by atomic mass is 10.1. The summed E-state index contributed by atoms with van der Waals surface area (Å²) >= 11 is 2.80. The smallest absolute Gasteiger partial charge is 0.319 e. The van der Waals surface area contributed by atoms with Gasteiger partial charge in [0.15, 0.2) is 17.5 Å². The van der Waals surface area contributed by atoms with E-state index < -0.39 is 23.5 Å². The number of halogens is 4. The molecule has 0 saturated heterocycles. The number of fused-ring (bicyclic) bond motifs is 1. The zero-order valence-corrected chi connectivity index (χ0v) is 14.2. The monoisotopic (exact) mass is 409 g/mol. The normalized spacial score (nSPS) is 10.7. The quantitative estimate of drug-likeness (QED) is 0.484. The highest BCUT2D eigenvalue weighted by atomic mass is 79.9. The fourth-order valence-electron chi connectivity index (χ4n) is 2.32. The number of carbonyl (C=O) groups is 1. The molecule has 1 heterocycles. The van der Waals surface area contributed by atoms with Gasteiger partial charge in [0.1, 0.15) is 0 Å². The van der Waals surface area contributed by atoms with Crippen LogP contribution in [-0.2, 0) is 6.54 Å². The molecule has 3 rings (SSSR count). The number of nitrogens with zero attached hydrogens (tertiary/aromatic N) is 1. The minimum absolute atomic E-state index is 0.178. The fourth-order valence-corrected chi connectivity index (χ4v) is 2.77. The Kier molecular flexibility index (Phi) is 4.89. The van der Waals surface area contributed by atoms with Crippen molar-refractivity contribution in [1.82, 2.24) is 10.3 Å². The molecule has 0 aliphatic carbocycles. The first-order valence-corrected chi connectivity index (χ1v) is 7.96. The van der Waals surface area contributed by atoms with Gasteiger partial charge in [-0.3, -0.25) is 4.98 Å². The summed E-state index contributed by atoms with van der Waals surface area (Å²) in [5.74, 6) is -4.24. The van der Waals surface area contributed by atoms with Gasteiger partial charge in [0.25, 0.3) is 0 Å². The molecule has 1 aromatic heterocycles. The summed E-state index contributed by atoms with van der Waals surface area (Å²) in [5.41, 5.74) is 0.368. The van der Waals surface area contributed by atoms with Crippen molar-refractivity contribution >= 4 is 38.4 Å². The summed E-state index contributed by atoms with van der Waals surface area (Å²) in [6, 6.07) is 7.53. The Hall–Kier alpha value is -2.61. The van der Waals surface area contributed by atoms with Crippen LogP contribution in [-0.4, -0.2) is 11.0 Å². The van der Waals surface area contributed by atoms with E-state index in [1.54, 1.807) is 30.6 Å². The molecule has 0 fully saturated rings. The lowest BCUT2D eigenvalue weighted by Crippen LogP contribution is -2.28. The number of carbonyl (C=O) groups excluding carboxylic acids is 1. The van der Waals surface area contributed by atoms with Crippen molar-refractivity contribution in [3.63, 3.8) is 0 Å². The lowest BCUT2D eigenvalue weighted by Gasteiger charge is -2.11. The summed E-state index contributed by atoms with van der Waals surface area (Å²) in [6.45, 7) is -0.306. The number of hydrogen-bond acceptors (Lipinski definition) is 2. The first-order chi connectivity index (χ1) is 12.0. The van der Waals surface area contributed by atoms with Gasteiger partial charge < -0.3 is 10.6 Å². The van der Waals surface area contributed by atoms with Gasteiger partial charge in [0.05, 0.1) is 10.2 Å². The zero-order valence-electron chi connectivity index (χ0n) is 12.6. The molecule has 0 radical (unpaired) electrons. The fraction of sp³-hybridized carbons (Fsp3) is 0.0588. The van der Waals surface area contributed by atoms with Gasteiger partial charge in [-0.1, -0.05) is 12.1 Å².